The van der Waals surface area contributed by atoms with Crippen LogP contribution in [0, 0.1) is 11.2 Å². The van der Waals surface area contributed by atoms with E-state index in [1.54, 1.807) is 0 Å². The van der Waals surface area contributed by atoms with Crippen molar-refractivity contribution in [1.29, 1.82) is 5.26 Å². The summed E-state index contributed by atoms with van der Waals surface area (Å²) in [5.74, 6) is 1.25. The third-order valence-electron chi connectivity index (χ3n) is 0. The summed E-state index contributed by atoms with van der Waals surface area (Å²) in [7, 11) is 4.15. The van der Waals surface area contributed by atoms with Gasteiger partial charge < -0.3 is 16.3 Å². The van der Waals surface area contributed by atoms with Gasteiger partial charge in [0.15, 0.2) is 0 Å². The molecule has 0 aromatic carbocycles. The molecule has 0 spiro atoms. The fraction of sp³-hybridized carbons (Fsp3) is 0. The average Bonchev–Trinajstić information content (AvgIpc) is 0.918. The zero-order valence-electron chi connectivity index (χ0n) is 4.10. The van der Waals surface area contributed by atoms with Gasteiger partial charge in [-0.15, -0.1) is 0 Å². The average molecular weight is 110 g/mol. The molecule has 0 aromatic heterocycles. The summed E-state index contributed by atoms with van der Waals surface area (Å²) in [5.41, 5.74) is 0. The molecule has 0 fully saturated rings. The van der Waals surface area contributed by atoms with Crippen molar-refractivity contribution in [3.63, 3.8) is 0 Å². The smallest absolute Gasteiger partial charge is 1.00 e. The van der Waals surface area contributed by atoms with Gasteiger partial charge in [-0.2, -0.15) is 0 Å². The summed E-state index contributed by atoms with van der Waals surface area (Å²) in [5, 5.41) is 7.10. The SMILES string of the molecule is [B-].[B-]C#N.[K+].[Na+]. The molecule has 0 saturated carbocycles. The van der Waals surface area contributed by atoms with Crippen molar-refractivity contribution >= 4 is 16.3 Å². The van der Waals surface area contributed by atoms with Gasteiger partial charge in [0, 0.05) is 0 Å². The monoisotopic (exact) mass is 110 g/mol. The molecule has 0 amide bonds. The first-order valence-electron chi connectivity index (χ1n) is 0.512. The van der Waals surface area contributed by atoms with E-state index >= 15 is 0 Å². The van der Waals surface area contributed by atoms with E-state index in [2.05, 4.69) is 7.85 Å². The van der Waals surface area contributed by atoms with Crippen LogP contribution in [0.25, 0.3) is 0 Å². The summed E-state index contributed by atoms with van der Waals surface area (Å²) in [6, 6.07) is 0. The van der Waals surface area contributed by atoms with Crippen LogP contribution in [0.3, 0.4) is 0 Å². The van der Waals surface area contributed by atoms with Gasteiger partial charge in [0.2, 0.25) is 0 Å². The van der Waals surface area contributed by atoms with Gasteiger partial charge in [-0.25, -0.2) is 0 Å². The maximum atomic E-state index is 7.10. The second-order valence-corrected chi connectivity index (χ2v) is 0.129. The van der Waals surface area contributed by atoms with E-state index in [0.29, 0.717) is 0 Å². The summed E-state index contributed by atoms with van der Waals surface area (Å²) < 4.78 is 0. The van der Waals surface area contributed by atoms with Crippen LogP contribution in [0.2, 0.25) is 0 Å². The molecule has 5 heteroatoms. The molecule has 0 unspecified atom stereocenters. The van der Waals surface area contributed by atoms with E-state index < -0.39 is 0 Å². The van der Waals surface area contributed by atoms with E-state index in [4.69, 9.17) is 5.26 Å². The van der Waals surface area contributed by atoms with Crippen LogP contribution in [0.5, 0.6) is 0 Å². The third-order valence-corrected chi connectivity index (χ3v) is 0. The predicted octanol–water partition coefficient (Wildman–Crippen LogP) is -6.74. The van der Waals surface area contributed by atoms with Gasteiger partial charge in [0.25, 0.3) is 0 Å². The molecule has 0 heterocycles. The van der Waals surface area contributed by atoms with Gasteiger partial charge >= 0.3 is 80.9 Å². The Labute approximate surface area is 106 Å². The first kappa shape index (κ1) is 24.0. The molecule has 0 saturated heterocycles. The van der Waals surface area contributed by atoms with Crippen LogP contribution in [0.15, 0.2) is 0 Å². The molecule has 7 radical (unpaired) electrons. The number of nitrogens with zero attached hydrogens (tertiary/aromatic N) is 1. The third kappa shape index (κ3) is 34.0. The topological polar surface area (TPSA) is 23.8 Å². The van der Waals surface area contributed by atoms with Gasteiger partial charge in [0.05, 0.1) is 0 Å². The quantitative estimate of drug-likeness (QED) is 0.284. The van der Waals surface area contributed by atoms with Crippen LogP contribution in [-0.4, -0.2) is 16.3 Å². The van der Waals surface area contributed by atoms with Crippen molar-refractivity contribution in [3.05, 3.63) is 0 Å². The van der Waals surface area contributed by atoms with Crippen molar-refractivity contribution in [1.82, 2.24) is 0 Å². The van der Waals surface area contributed by atoms with Gasteiger partial charge in [-0.3, -0.25) is 11.2 Å². The van der Waals surface area contributed by atoms with E-state index in [1.165, 1.54) is 5.97 Å². The Balaban J connectivity index is -0.00000000667. The maximum absolute atomic E-state index is 7.10. The number of nitriles is 1. The molecule has 0 aliphatic rings. The Kier molecular flexibility index (Phi) is 107. The van der Waals surface area contributed by atoms with Crippen molar-refractivity contribution in [2.24, 2.45) is 0 Å². The minimum Gasteiger partial charge on any atom is -1.00 e. The molecule has 17 valence electrons. The Hall–Kier alpha value is 2.26. The standard InChI is InChI=1S/CBN.B.K.Na/c2-1-3;;;/q2*-1;2*+1. The molecule has 0 aliphatic heterocycles. The minimum absolute atomic E-state index is 0. The Bertz CT molecular complexity index is 35.0. The molecule has 0 aliphatic carbocycles. The normalized spacial score (nSPS) is 1.33. The van der Waals surface area contributed by atoms with E-state index in [-0.39, 0.29) is 89.4 Å². The van der Waals surface area contributed by atoms with Crippen LogP contribution >= 0.6 is 0 Å². The van der Waals surface area contributed by atoms with E-state index in [1.807, 2.05) is 0 Å². The first-order valence-corrected chi connectivity index (χ1v) is 0.512. The minimum atomic E-state index is 0. The van der Waals surface area contributed by atoms with Crippen LogP contribution < -0.4 is 80.9 Å². The molecule has 1 nitrogen and oxygen atoms in total. The van der Waals surface area contributed by atoms with Crippen LogP contribution in [-0.2, 0) is 0 Å². The molecule has 6 heavy (non-hydrogen) atoms. The van der Waals surface area contributed by atoms with E-state index in [9.17, 15) is 0 Å². The van der Waals surface area contributed by atoms with Crippen LogP contribution in [0.1, 0.15) is 0 Å². The van der Waals surface area contributed by atoms with Crippen molar-refractivity contribution in [3.8, 4) is 5.97 Å². The van der Waals surface area contributed by atoms with Crippen molar-refractivity contribution in [2.45, 2.75) is 0 Å². The van der Waals surface area contributed by atoms with Gasteiger partial charge in [-0.1, -0.05) is 0 Å². The van der Waals surface area contributed by atoms with Gasteiger partial charge in [0.1, 0.15) is 0 Å². The molecule has 0 atom stereocenters. The molecule has 0 aromatic rings. The fourth-order valence-corrected chi connectivity index (χ4v) is 0. The molecular formula is CB2KNNa. The molecule has 0 bridgehead atoms. The zero-order valence-corrected chi connectivity index (χ0v) is 9.23. The van der Waals surface area contributed by atoms with Crippen molar-refractivity contribution in [2.75, 3.05) is 0 Å². The number of rotatable bonds is 0. The number of hydrogen-bond acceptors (Lipinski definition) is 1. The fourth-order valence-electron chi connectivity index (χ4n) is 0. The Morgan fingerprint density at radius 2 is 1.50 bits per heavy atom. The summed E-state index contributed by atoms with van der Waals surface area (Å²) in [6.07, 6.45) is 0. The maximum Gasteiger partial charge on any atom is 1.00 e. The Morgan fingerprint density at radius 1 is 1.50 bits per heavy atom. The van der Waals surface area contributed by atoms with Crippen molar-refractivity contribution < 1.29 is 80.9 Å². The number of hydrogen-bond donors (Lipinski definition) is 0. The summed E-state index contributed by atoms with van der Waals surface area (Å²) in [6.45, 7) is 0. The largest absolute Gasteiger partial charge is 1.00 e. The summed E-state index contributed by atoms with van der Waals surface area (Å²) >= 11 is 0. The van der Waals surface area contributed by atoms with E-state index in [0.717, 1.165) is 0 Å². The molecule has 0 rings (SSSR count). The second kappa shape index (κ2) is 26.8. The zero-order chi connectivity index (χ0) is 2.71. The Morgan fingerprint density at radius 3 is 1.50 bits per heavy atom. The van der Waals surface area contributed by atoms with Gasteiger partial charge in [-0.05, 0) is 0 Å². The van der Waals surface area contributed by atoms with Crippen LogP contribution in [0.4, 0.5) is 0 Å². The first-order chi connectivity index (χ1) is 1.41. The second-order valence-electron chi connectivity index (χ2n) is 0.129. The summed E-state index contributed by atoms with van der Waals surface area (Å²) in [4.78, 5) is 0. The molecular weight excluding hydrogens is 110 g/mol. The molecule has 0 N–H and O–H groups in total. The predicted molar refractivity (Wildman–Crippen MR) is 17.1 cm³/mol.